The number of hydrogen-bond acceptors (Lipinski definition) is 1. The molecule has 0 atom stereocenters. The van der Waals surface area contributed by atoms with Gasteiger partial charge in [-0.1, -0.05) is 0 Å². The Morgan fingerprint density at radius 3 is 1.38 bits per heavy atom. The molecule has 0 aliphatic heterocycles. The molecule has 0 saturated heterocycles. The van der Waals surface area contributed by atoms with E-state index >= 15 is 0 Å². The smallest absolute Gasteiger partial charge is 1.00 e. The minimum Gasteiger partial charge on any atom is -1.00 e. The minimum absolute atomic E-state index is 0. The Morgan fingerprint density at radius 2 is 1.38 bits per heavy atom. The SMILES string of the molecule is O.O=C(O)O.[AlH3].[Ca+2].[H-].[H-].[Mo]. The first kappa shape index (κ1) is 33.2. The summed E-state index contributed by atoms with van der Waals surface area (Å²) in [4.78, 5) is 8.56. The average molecular weight is 248 g/mol. The van der Waals surface area contributed by atoms with Crippen molar-refractivity contribution in [2.45, 2.75) is 0 Å². The van der Waals surface area contributed by atoms with Crippen LogP contribution in [-0.4, -0.2) is 76.9 Å². The molecule has 0 fully saturated rings. The molecule has 0 heterocycles. The van der Waals surface area contributed by atoms with E-state index < -0.39 is 6.16 Å². The molecule has 0 spiro atoms. The van der Waals surface area contributed by atoms with Crippen LogP contribution >= 0.6 is 0 Å². The van der Waals surface area contributed by atoms with Gasteiger partial charge in [0.1, 0.15) is 0 Å². The third-order valence-electron chi connectivity index (χ3n) is 0. The van der Waals surface area contributed by atoms with E-state index in [1.54, 1.807) is 0 Å². The molecule has 0 saturated carbocycles. The predicted molar refractivity (Wildman–Crippen MR) is 32.2 cm³/mol. The van der Waals surface area contributed by atoms with Gasteiger partial charge in [-0.25, -0.2) is 4.79 Å². The van der Waals surface area contributed by atoms with Gasteiger partial charge in [-0.05, 0) is 0 Å². The normalized spacial score (nSPS) is 3.00. The van der Waals surface area contributed by atoms with E-state index in [9.17, 15) is 0 Å². The molecule has 0 aliphatic carbocycles. The molecule has 0 amide bonds. The second-order valence-corrected chi connectivity index (χ2v) is 0.283. The van der Waals surface area contributed by atoms with Crippen molar-refractivity contribution < 1.29 is 44.4 Å². The van der Waals surface area contributed by atoms with E-state index in [0.29, 0.717) is 0 Å². The fourth-order valence-corrected chi connectivity index (χ4v) is 0. The van der Waals surface area contributed by atoms with Gasteiger partial charge in [0.15, 0.2) is 17.4 Å². The van der Waals surface area contributed by atoms with Crippen LogP contribution in [0.4, 0.5) is 4.79 Å². The maximum atomic E-state index is 8.56. The molecule has 0 aromatic heterocycles. The first-order chi connectivity index (χ1) is 1.73. The topological polar surface area (TPSA) is 89.0 Å². The first-order valence-corrected chi connectivity index (χ1v) is 0.651. The van der Waals surface area contributed by atoms with Gasteiger partial charge in [0, 0.05) is 21.1 Å². The predicted octanol–water partition coefficient (Wildman–Crippen LogP) is -1.94. The Morgan fingerprint density at radius 1 is 1.38 bits per heavy atom. The van der Waals surface area contributed by atoms with Crippen LogP contribution in [0.5, 0.6) is 0 Å². The van der Waals surface area contributed by atoms with Crippen LogP contribution in [0.2, 0.25) is 0 Å². The van der Waals surface area contributed by atoms with E-state index in [4.69, 9.17) is 15.0 Å². The number of hydrogen-bond donors (Lipinski definition) is 2. The van der Waals surface area contributed by atoms with Crippen LogP contribution in [0, 0.1) is 0 Å². The standard InChI is InChI=1S/CH2O3.Al.Ca.Mo.H2O.5H/c2-1(3)4;;;;;;;;;/h(H2,2,3,4);;;;1H2;;;;;/q;;+2;;;;;;2*-1. The largest absolute Gasteiger partial charge is 2.00 e. The van der Waals surface area contributed by atoms with Crippen molar-refractivity contribution in [3.05, 3.63) is 0 Å². The van der Waals surface area contributed by atoms with Crippen LogP contribution in [0.3, 0.4) is 0 Å². The second kappa shape index (κ2) is 23.3. The molecule has 0 bridgehead atoms. The third-order valence-corrected chi connectivity index (χ3v) is 0. The van der Waals surface area contributed by atoms with Gasteiger partial charge in [0.05, 0.1) is 0 Å². The summed E-state index contributed by atoms with van der Waals surface area (Å²) in [6.45, 7) is 0. The van der Waals surface area contributed by atoms with E-state index in [0.717, 1.165) is 0 Å². The summed E-state index contributed by atoms with van der Waals surface area (Å²) in [5.41, 5.74) is 0. The van der Waals surface area contributed by atoms with Crippen molar-refractivity contribution in [1.82, 2.24) is 0 Å². The number of carboxylic acid groups (broad SMARTS) is 2. The Hall–Kier alpha value is 1.71. The maximum absolute atomic E-state index is 8.56. The van der Waals surface area contributed by atoms with E-state index in [1.807, 2.05) is 0 Å². The van der Waals surface area contributed by atoms with Crippen LogP contribution < -0.4 is 0 Å². The summed E-state index contributed by atoms with van der Waals surface area (Å²) in [5.74, 6) is 0. The van der Waals surface area contributed by atoms with Gasteiger partial charge < -0.3 is 18.5 Å². The first-order valence-electron chi connectivity index (χ1n) is 0.651. The van der Waals surface area contributed by atoms with Gasteiger partial charge in [0.25, 0.3) is 0 Å². The summed E-state index contributed by atoms with van der Waals surface area (Å²) >= 11 is 0. The summed E-state index contributed by atoms with van der Waals surface area (Å²) in [6, 6.07) is 0. The number of carbonyl (C=O) groups is 1. The molecular weight excluding hydrogens is 239 g/mol. The van der Waals surface area contributed by atoms with Crippen LogP contribution in [0.25, 0.3) is 0 Å². The molecule has 0 aromatic rings. The van der Waals surface area contributed by atoms with Crippen molar-refractivity contribution >= 4 is 61.3 Å². The molecule has 7 heteroatoms. The Bertz CT molecular complexity index is 46.2. The molecule has 0 aliphatic rings. The molecule has 0 unspecified atom stereocenters. The molecule has 48 valence electrons. The van der Waals surface area contributed by atoms with Gasteiger partial charge in [-0.3, -0.25) is 0 Å². The maximum Gasteiger partial charge on any atom is 2.00 e. The van der Waals surface area contributed by atoms with Crippen molar-refractivity contribution in [1.29, 1.82) is 0 Å². The molecule has 0 radical (unpaired) electrons. The van der Waals surface area contributed by atoms with Crippen LogP contribution in [-0.2, 0) is 21.1 Å². The zero-order chi connectivity index (χ0) is 3.58. The van der Waals surface area contributed by atoms with Gasteiger partial charge in [-0.2, -0.15) is 0 Å². The average Bonchev–Trinajstić information content (AvgIpc) is 0.811. The van der Waals surface area contributed by atoms with Crippen LogP contribution in [0.15, 0.2) is 0 Å². The zero-order valence-corrected chi connectivity index (χ0v) is 7.63. The monoisotopic (exact) mass is 250 g/mol. The molecule has 0 aromatic carbocycles. The quantitative estimate of drug-likeness (QED) is 0.488. The van der Waals surface area contributed by atoms with Crippen LogP contribution in [0.1, 0.15) is 2.85 Å². The third kappa shape index (κ3) is 119. The summed E-state index contributed by atoms with van der Waals surface area (Å²) in [7, 11) is 0. The van der Waals surface area contributed by atoms with E-state index in [-0.39, 0.29) is 84.5 Å². The summed E-state index contributed by atoms with van der Waals surface area (Å²) < 4.78 is 0. The molecule has 4 N–H and O–H groups in total. The van der Waals surface area contributed by atoms with Gasteiger partial charge >= 0.3 is 43.9 Å². The molecule has 4 nitrogen and oxygen atoms in total. The van der Waals surface area contributed by atoms with E-state index in [1.165, 1.54) is 0 Å². The van der Waals surface area contributed by atoms with Gasteiger partial charge in [-0.15, -0.1) is 0 Å². The van der Waals surface area contributed by atoms with Crippen molar-refractivity contribution in [2.75, 3.05) is 0 Å². The fraction of sp³-hybridized carbons (Fsp3) is 0. The van der Waals surface area contributed by atoms with Gasteiger partial charge in [0.2, 0.25) is 0 Å². The number of rotatable bonds is 0. The Balaban J connectivity index is -0.00000000300. The van der Waals surface area contributed by atoms with E-state index in [2.05, 4.69) is 0 Å². The zero-order valence-electron chi connectivity index (χ0n) is 5.42. The van der Waals surface area contributed by atoms with Crippen molar-refractivity contribution in [3.63, 3.8) is 0 Å². The fourth-order valence-electron chi connectivity index (χ4n) is 0. The van der Waals surface area contributed by atoms with Crippen molar-refractivity contribution in [2.24, 2.45) is 0 Å². The molecule has 8 heavy (non-hydrogen) atoms. The molecule has 0 rings (SSSR count). The Kier molecular flexibility index (Phi) is 96.9. The summed E-state index contributed by atoms with van der Waals surface area (Å²) in [5, 5.41) is 13.9. The minimum atomic E-state index is -1.83. The Labute approximate surface area is 104 Å². The molecular formula is CH9AlCaMoO4. The summed E-state index contributed by atoms with van der Waals surface area (Å²) in [6.07, 6.45) is -1.83. The second-order valence-electron chi connectivity index (χ2n) is 0.283. The van der Waals surface area contributed by atoms with Crippen molar-refractivity contribution in [3.8, 4) is 0 Å².